The zero-order valence-electron chi connectivity index (χ0n) is 7.76. The fourth-order valence-electron chi connectivity index (χ4n) is 0.956. The topological polar surface area (TPSA) is 54.4 Å². The van der Waals surface area contributed by atoms with Crippen molar-refractivity contribution in [3.8, 4) is 0 Å². The van der Waals surface area contributed by atoms with E-state index in [9.17, 15) is 22.8 Å². The second-order valence-corrected chi connectivity index (χ2v) is 2.86. The van der Waals surface area contributed by atoms with Gasteiger partial charge in [0.25, 0.3) is 0 Å². The highest BCUT2D eigenvalue weighted by atomic mass is 19.2. The predicted molar refractivity (Wildman–Crippen MR) is 47.4 cm³/mol. The third kappa shape index (κ3) is 2.10. The van der Waals surface area contributed by atoms with E-state index in [4.69, 9.17) is 5.11 Å². The molecule has 0 radical (unpaired) electrons. The minimum absolute atomic E-state index is 0.164. The number of aliphatic carboxylic acids is 1. The fraction of sp³-hybridized carbons (Fsp3) is 0. The number of carbonyl (C=O) groups excluding carboxylic acids is 1. The quantitative estimate of drug-likeness (QED) is 0.284. The molecular weight excluding hydrogens is 225 g/mol. The molecule has 6 heteroatoms. The van der Waals surface area contributed by atoms with Gasteiger partial charge in [0.2, 0.25) is 5.78 Å². The van der Waals surface area contributed by atoms with E-state index in [2.05, 4.69) is 6.58 Å². The van der Waals surface area contributed by atoms with Crippen molar-refractivity contribution in [1.82, 2.24) is 0 Å². The van der Waals surface area contributed by atoms with Crippen LogP contribution < -0.4 is 0 Å². The van der Waals surface area contributed by atoms with Gasteiger partial charge in [-0.15, -0.1) is 0 Å². The van der Waals surface area contributed by atoms with Crippen molar-refractivity contribution in [1.29, 1.82) is 0 Å². The number of halogens is 3. The molecule has 0 spiro atoms. The molecule has 1 rings (SSSR count). The van der Waals surface area contributed by atoms with Crippen LogP contribution in [0.3, 0.4) is 0 Å². The molecular formula is C10H5F3O3. The zero-order valence-corrected chi connectivity index (χ0v) is 7.76. The summed E-state index contributed by atoms with van der Waals surface area (Å²) in [5.41, 5.74) is -1.80. The summed E-state index contributed by atoms with van der Waals surface area (Å²) in [5, 5.41) is 8.42. The Morgan fingerprint density at radius 1 is 1.06 bits per heavy atom. The van der Waals surface area contributed by atoms with Gasteiger partial charge in [-0.2, -0.15) is 0 Å². The zero-order chi connectivity index (χ0) is 12.5. The molecule has 0 unspecified atom stereocenters. The summed E-state index contributed by atoms with van der Waals surface area (Å²) < 4.78 is 38.3. The van der Waals surface area contributed by atoms with Crippen molar-refractivity contribution in [2.45, 2.75) is 0 Å². The van der Waals surface area contributed by atoms with E-state index in [1.807, 2.05) is 0 Å². The first kappa shape index (κ1) is 12.0. The van der Waals surface area contributed by atoms with Crippen LogP contribution in [0.1, 0.15) is 10.4 Å². The van der Waals surface area contributed by atoms with E-state index >= 15 is 0 Å². The van der Waals surface area contributed by atoms with Gasteiger partial charge in [0, 0.05) is 6.07 Å². The normalized spacial score (nSPS) is 9.94. The van der Waals surface area contributed by atoms with Gasteiger partial charge in [0.1, 0.15) is 11.4 Å². The minimum atomic E-state index is -1.66. The van der Waals surface area contributed by atoms with Crippen molar-refractivity contribution in [3.05, 3.63) is 47.3 Å². The van der Waals surface area contributed by atoms with E-state index in [-0.39, 0.29) is 6.07 Å². The standard InChI is InChI=1S/C10H5F3O3/c1-4(10(15)16)9(14)5-2-7(12)8(13)3-6(5)11/h2-3H,1H2,(H,15,16). The van der Waals surface area contributed by atoms with Gasteiger partial charge in [-0.3, -0.25) is 4.79 Å². The highest BCUT2D eigenvalue weighted by Gasteiger charge is 2.22. The smallest absolute Gasteiger partial charge is 0.339 e. The summed E-state index contributed by atoms with van der Waals surface area (Å²) in [6.45, 7) is 2.89. The minimum Gasteiger partial charge on any atom is -0.478 e. The van der Waals surface area contributed by atoms with Crippen molar-refractivity contribution in [2.75, 3.05) is 0 Å². The molecule has 0 heterocycles. The number of Topliss-reactive ketones (excluding diaryl/α,β-unsaturated/α-hetero) is 1. The SMILES string of the molecule is C=C(C(=O)O)C(=O)c1cc(F)c(F)cc1F. The number of hydrogen-bond donors (Lipinski definition) is 1. The molecule has 1 aromatic rings. The van der Waals surface area contributed by atoms with Crippen molar-refractivity contribution < 1.29 is 27.9 Å². The Hall–Kier alpha value is -2.11. The van der Waals surface area contributed by atoms with E-state index in [1.165, 1.54) is 0 Å². The van der Waals surface area contributed by atoms with Gasteiger partial charge in [-0.05, 0) is 6.07 Å². The summed E-state index contributed by atoms with van der Waals surface area (Å²) in [5.74, 6) is -7.21. The van der Waals surface area contributed by atoms with Crippen LogP contribution >= 0.6 is 0 Å². The van der Waals surface area contributed by atoms with Crippen molar-refractivity contribution in [3.63, 3.8) is 0 Å². The molecule has 3 nitrogen and oxygen atoms in total. The lowest BCUT2D eigenvalue weighted by Gasteiger charge is -2.02. The Morgan fingerprint density at radius 2 is 1.56 bits per heavy atom. The maximum absolute atomic E-state index is 13.0. The maximum atomic E-state index is 13.0. The van der Waals surface area contributed by atoms with Crippen LogP contribution in [-0.2, 0) is 4.79 Å². The summed E-state index contributed by atoms with van der Waals surface area (Å²) in [6, 6.07) is 0.457. The Balaban J connectivity index is 3.24. The lowest BCUT2D eigenvalue weighted by atomic mass is 10.0. The number of ketones is 1. The first-order valence-corrected chi connectivity index (χ1v) is 3.96. The highest BCUT2D eigenvalue weighted by Crippen LogP contribution is 2.16. The van der Waals surface area contributed by atoms with Gasteiger partial charge in [0.05, 0.1) is 5.56 Å². The largest absolute Gasteiger partial charge is 0.478 e. The molecule has 84 valence electrons. The molecule has 0 bridgehead atoms. The van der Waals surface area contributed by atoms with Crippen LogP contribution in [0.4, 0.5) is 13.2 Å². The molecule has 0 amide bonds. The fourth-order valence-corrected chi connectivity index (χ4v) is 0.956. The predicted octanol–water partition coefficient (Wildman–Crippen LogP) is 1.93. The van der Waals surface area contributed by atoms with Crippen LogP contribution in [0.2, 0.25) is 0 Å². The number of carbonyl (C=O) groups is 2. The highest BCUT2D eigenvalue weighted by molar-refractivity contribution is 6.23. The van der Waals surface area contributed by atoms with E-state index in [1.54, 1.807) is 0 Å². The molecule has 0 aliphatic rings. The third-order valence-electron chi connectivity index (χ3n) is 1.79. The monoisotopic (exact) mass is 230 g/mol. The number of rotatable bonds is 3. The third-order valence-corrected chi connectivity index (χ3v) is 1.79. The van der Waals surface area contributed by atoms with Crippen molar-refractivity contribution in [2.24, 2.45) is 0 Å². The second-order valence-electron chi connectivity index (χ2n) is 2.86. The number of benzene rings is 1. The average molecular weight is 230 g/mol. The average Bonchev–Trinajstić information content (AvgIpc) is 2.21. The maximum Gasteiger partial charge on any atom is 0.339 e. The Kier molecular flexibility index (Phi) is 3.12. The van der Waals surface area contributed by atoms with Crippen LogP contribution in [0.15, 0.2) is 24.3 Å². The Morgan fingerprint density at radius 3 is 2.06 bits per heavy atom. The van der Waals surface area contributed by atoms with E-state index < -0.39 is 40.3 Å². The van der Waals surface area contributed by atoms with Crippen LogP contribution in [-0.4, -0.2) is 16.9 Å². The first-order valence-electron chi connectivity index (χ1n) is 3.96. The van der Waals surface area contributed by atoms with Crippen LogP contribution in [0, 0.1) is 17.5 Å². The van der Waals surface area contributed by atoms with Crippen LogP contribution in [0.25, 0.3) is 0 Å². The van der Waals surface area contributed by atoms with Gasteiger partial charge in [-0.1, -0.05) is 6.58 Å². The number of carboxylic acids is 1. The molecule has 0 fully saturated rings. The van der Waals surface area contributed by atoms with Crippen LogP contribution in [0.5, 0.6) is 0 Å². The Bertz CT molecular complexity index is 494. The summed E-state index contributed by atoms with van der Waals surface area (Å²) in [4.78, 5) is 21.6. The number of carboxylic acid groups (broad SMARTS) is 1. The Labute approximate surface area is 87.8 Å². The molecule has 0 saturated carbocycles. The molecule has 0 atom stereocenters. The molecule has 16 heavy (non-hydrogen) atoms. The lowest BCUT2D eigenvalue weighted by Crippen LogP contribution is -2.13. The van der Waals surface area contributed by atoms with Gasteiger partial charge < -0.3 is 5.11 Å². The summed E-state index contributed by atoms with van der Waals surface area (Å²) >= 11 is 0. The van der Waals surface area contributed by atoms with Crippen molar-refractivity contribution >= 4 is 11.8 Å². The second kappa shape index (κ2) is 4.18. The molecule has 1 aromatic carbocycles. The van der Waals surface area contributed by atoms with Gasteiger partial charge in [0.15, 0.2) is 11.6 Å². The molecule has 1 N–H and O–H groups in total. The summed E-state index contributed by atoms with van der Waals surface area (Å²) in [7, 11) is 0. The first-order chi connectivity index (χ1) is 7.34. The molecule has 0 aromatic heterocycles. The van der Waals surface area contributed by atoms with E-state index in [0.29, 0.717) is 6.07 Å². The molecule has 0 aliphatic carbocycles. The number of hydrogen-bond acceptors (Lipinski definition) is 2. The van der Waals surface area contributed by atoms with E-state index in [0.717, 1.165) is 0 Å². The molecule has 0 aliphatic heterocycles. The van der Waals surface area contributed by atoms with Gasteiger partial charge in [-0.25, -0.2) is 18.0 Å². The molecule has 0 saturated heterocycles. The van der Waals surface area contributed by atoms with Gasteiger partial charge >= 0.3 is 5.97 Å². The summed E-state index contributed by atoms with van der Waals surface area (Å²) in [6.07, 6.45) is 0. The lowest BCUT2D eigenvalue weighted by molar-refractivity contribution is -0.132.